The van der Waals surface area contributed by atoms with Crippen LogP contribution in [0.5, 0.6) is 0 Å². The molecule has 2 rings (SSSR count). The molecule has 0 radical (unpaired) electrons. The van der Waals surface area contributed by atoms with Crippen LogP contribution in [0.3, 0.4) is 0 Å². The number of hydrogen-bond donors (Lipinski definition) is 2. The van der Waals surface area contributed by atoms with E-state index < -0.39 is 16.8 Å². The van der Waals surface area contributed by atoms with Crippen molar-refractivity contribution in [1.82, 2.24) is 5.32 Å². The van der Waals surface area contributed by atoms with Crippen LogP contribution >= 0.6 is 0 Å². The number of carbonyl (C=O) groups excluding carboxylic acids is 1. The number of carboxylic acid groups (broad SMARTS) is 1. The van der Waals surface area contributed by atoms with Gasteiger partial charge in [0, 0.05) is 31.8 Å². The quantitative estimate of drug-likeness (QED) is 0.629. The Morgan fingerprint density at radius 3 is 2.71 bits per heavy atom. The molecule has 1 aliphatic heterocycles. The first-order valence-corrected chi connectivity index (χ1v) is 6.42. The minimum atomic E-state index is -0.914. The Balaban J connectivity index is 2.38. The zero-order chi connectivity index (χ0) is 15.6. The van der Waals surface area contributed by atoms with Crippen molar-refractivity contribution in [2.24, 2.45) is 5.92 Å². The van der Waals surface area contributed by atoms with Gasteiger partial charge in [0.1, 0.15) is 5.69 Å². The molecule has 1 atom stereocenters. The van der Waals surface area contributed by atoms with Gasteiger partial charge in [-0.2, -0.15) is 0 Å². The highest BCUT2D eigenvalue weighted by molar-refractivity contribution is 5.95. The van der Waals surface area contributed by atoms with E-state index in [0.717, 1.165) is 0 Å². The van der Waals surface area contributed by atoms with Gasteiger partial charge in [0.15, 0.2) is 0 Å². The molecule has 8 heteroatoms. The molecule has 1 amide bonds. The minimum Gasteiger partial charge on any atom is -0.481 e. The van der Waals surface area contributed by atoms with E-state index in [1.165, 1.54) is 25.2 Å². The van der Waals surface area contributed by atoms with E-state index in [-0.39, 0.29) is 23.8 Å². The highest BCUT2D eigenvalue weighted by Crippen LogP contribution is 2.33. The van der Waals surface area contributed by atoms with Gasteiger partial charge in [0.05, 0.1) is 10.8 Å². The fraction of sp³-hybridized carbons (Fsp3) is 0.385. The highest BCUT2D eigenvalue weighted by Gasteiger charge is 2.31. The molecule has 1 fully saturated rings. The predicted molar refractivity (Wildman–Crippen MR) is 74.4 cm³/mol. The molecule has 0 bridgehead atoms. The molecule has 0 aromatic heterocycles. The van der Waals surface area contributed by atoms with Crippen LogP contribution in [-0.4, -0.2) is 42.0 Å². The maximum absolute atomic E-state index is 11.6. The predicted octanol–water partition coefficient (Wildman–Crippen LogP) is 0.865. The first-order chi connectivity index (χ1) is 9.93. The summed E-state index contributed by atoms with van der Waals surface area (Å²) < 4.78 is 0. The standard InChI is InChI=1S/C13H15N3O5/c1-14-12(17)8-2-3-10(16(20)21)11(6-8)15-5-4-9(7-15)13(18)19/h2-3,6,9H,4-5,7H2,1H3,(H,14,17)(H,18,19). The van der Waals surface area contributed by atoms with E-state index in [4.69, 9.17) is 5.11 Å². The summed E-state index contributed by atoms with van der Waals surface area (Å²) in [4.78, 5) is 34.9. The van der Waals surface area contributed by atoms with E-state index in [9.17, 15) is 19.7 Å². The van der Waals surface area contributed by atoms with E-state index in [0.29, 0.717) is 18.5 Å². The Morgan fingerprint density at radius 1 is 1.48 bits per heavy atom. The van der Waals surface area contributed by atoms with Crippen LogP contribution in [0.4, 0.5) is 11.4 Å². The first-order valence-electron chi connectivity index (χ1n) is 6.42. The first kappa shape index (κ1) is 14.8. The number of hydrogen-bond acceptors (Lipinski definition) is 5. The topological polar surface area (TPSA) is 113 Å². The number of anilines is 1. The highest BCUT2D eigenvalue weighted by atomic mass is 16.6. The minimum absolute atomic E-state index is 0.131. The van der Waals surface area contributed by atoms with Crippen LogP contribution < -0.4 is 10.2 Å². The molecule has 0 spiro atoms. The fourth-order valence-corrected chi connectivity index (χ4v) is 2.40. The van der Waals surface area contributed by atoms with Crippen LogP contribution in [-0.2, 0) is 4.79 Å². The molecule has 1 aromatic rings. The smallest absolute Gasteiger partial charge is 0.308 e. The second-order valence-electron chi connectivity index (χ2n) is 4.81. The van der Waals surface area contributed by atoms with Crippen LogP contribution in [0.25, 0.3) is 0 Å². The number of carboxylic acids is 1. The summed E-state index contributed by atoms with van der Waals surface area (Å²) in [6, 6.07) is 4.08. The van der Waals surface area contributed by atoms with Crippen molar-refractivity contribution in [3.05, 3.63) is 33.9 Å². The van der Waals surface area contributed by atoms with Crippen LogP contribution in [0.15, 0.2) is 18.2 Å². The average molecular weight is 293 g/mol. The number of aliphatic carboxylic acids is 1. The lowest BCUT2D eigenvalue weighted by molar-refractivity contribution is -0.384. The van der Waals surface area contributed by atoms with E-state index >= 15 is 0 Å². The van der Waals surface area contributed by atoms with E-state index in [2.05, 4.69) is 5.32 Å². The Bertz CT molecular complexity index is 601. The van der Waals surface area contributed by atoms with E-state index in [1.807, 2.05) is 0 Å². The molecule has 1 saturated heterocycles. The number of nitro benzene ring substituents is 1. The van der Waals surface area contributed by atoms with Crippen LogP contribution in [0.2, 0.25) is 0 Å². The molecule has 2 N–H and O–H groups in total. The average Bonchev–Trinajstić information content (AvgIpc) is 2.95. The van der Waals surface area contributed by atoms with Gasteiger partial charge in [0.25, 0.3) is 11.6 Å². The number of benzene rings is 1. The maximum Gasteiger partial charge on any atom is 0.308 e. The van der Waals surface area contributed by atoms with Crippen molar-refractivity contribution in [2.75, 3.05) is 25.0 Å². The zero-order valence-electron chi connectivity index (χ0n) is 11.4. The normalized spacial score (nSPS) is 17.6. The summed E-state index contributed by atoms with van der Waals surface area (Å²) in [6.07, 6.45) is 0.427. The zero-order valence-corrected chi connectivity index (χ0v) is 11.4. The monoisotopic (exact) mass is 293 g/mol. The lowest BCUT2D eigenvalue weighted by Crippen LogP contribution is -2.24. The van der Waals surface area contributed by atoms with Crippen molar-refractivity contribution < 1.29 is 19.6 Å². The third kappa shape index (κ3) is 2.93. The largest absolute Gasteiger partial charge is 0.481 e. The van der Waals surface area contributed by atoms with Gasteiger partial charge in [-0.25, -0.2) is 0 Å². The van der Waals surface area contributed by atoms with Crippen molar-refractivity contribution in [2.45, 2.75) is 6.42 Å². The van der Waals surface area contributed by atoms with E-state index in [1.54, 1.807) is 4.90 Å². The molecular weight excluding hydrogens is 278 g/mol. The molecule has 21 heavy (non-hydrogen) atoms. The lowest BCUT2D eigenvalue weighted by atomic mass is 10.1. The van der Waals surface area contributed by atoms with Crippen molar-refractivity contribution in [1.29, 1.82) is 0 Å². The number of carbonyl (C=O) groups is 2. The lowest BCUT2D eigenvalue weighted by Gasteiger charge is -2.18. The molecule has 1 heterocycles. The molecular formula is C13H15N3O5. The molecule has 0 saturated carbocycles. The number of rotatable bonds is 4. The summed E-state index contributed by atoms with van der Waals surface area (Å²) in [5.41, 5.74) is 0.454. The van der Waals surface area contributed by atoms with Crippen LogP contribution in [0.1, 0.15) is 16.8 Å². The second-order valence-corrected chi connectivity index (χ2v) is 4.81. The van der Waals surface area contributed by atoms with Crippen molar-refractivity contribution >= 4 is 23.3 Å². The van der Waals surface area contributed by atoms with Crippen molar-refractivity contribution in [3.63, 3.8) is 0 Å². The Hall–Kier alpha value is -2.64. The van der Waals surface area contributed by atoms with Gasteiger partial charge in [0.2, 0.25) is 0 Å². The molecule has 1 unspecified atom stereocenters. The van der Waals surface area contributed by atoms with Crippen molar-refractivity contribution in [3.8, 4) is 0 Å². The van der Waals surface area contributed by atoms with Gasteiger partial charge in [-0.05, 0) is 18.6 Å². The van der Waals surface area contributed by atoms with Gasteiger partial charge < -0.3 is 15.3 Å². The van der Waals surface area contributed by atoms with Gasteiger partial charge >= 0.3 is 5.97 Å². The van der Waals surface area contributed by atoms with Crippen LogP contribution in [0, 0.1) is 16.0 Å². The third-order valence-electron chi connectivity index (χ3n) is 3.54. The Kier molecular flexibility index (Phi) is 4.06. The molecule has 8 nitrogen and oxygen atoms in total. The number of amides is 1. The summed E-state index contributed by atoms with van der Waals surface area (Å²) in [7, 11) is 1.47. The fourth-order valence-electron chi connectivity index (χ4n) is 2.40. The third-order valence-corrected chi connectivity index (χ3v) is 3.54. The van der Waals surface area contributed by atoms with Gasteiger partial charge in [-0.3, -0.25) is 19.7 Å². The molecule has 1 aliphatic rings. The number of nitrogens with zero attached hydrogens (tertiary/aromatic N) is 2. The molecule has 0 aliphatic carbocycles. The summed E-state index contributed by atoms with van der Waals surface area (Å²) in [6.45, 7) is 0.613. The number of nitrogens with one attached hydrogen (secondary N) is 1. The second kappa shape index (κ2) is 5.78. The van der Waals surface area contributed by atoms with Gasteiger partial charge in [-0.15, -0.1) is 0 Å². The Labute approximate surface area is 120 Å². The molecule has 1 aromatic carbocycles. The summed E-state index contributed by atoms with van der Waals surface area (Å²) >= 11 is 0. The SMILES string of the molecule is CNC(=O)c1ccc([N+](=O)[O-])c(N2CCC(C(=O)O)C2)c1. The maximum atomic E-state index is 11.6. The van der Waals surface area contributed by atoms with Gasteiger partial charge in [-0.1, -0.05) is 0 Å². The number of nitro groups is 1. The Morgan fingerprint density at radius 2 is 2.19 bits per heavy atom. The summed E-state index contributed by atoms with van der Waals surface area (Å²) in [5, 5.41) is 22.6. The summed E-state index contributed by atoms with van der Waals surface area (Å²) in [5.74, 6) is -1.81. The molecule has 112 valence electrons.